The van der Waals surface area contributed by atoms with E-state index in [0.29, 0.717) is 6.54 Å². The second-order valence-corrected chi connectivity index (χ2v) is 4.21. The van der Waals surface area contributed by atoms with Gasteiger partial charge in [0.15, 0.2) is 0 Å². The van der Waals surface area contributed by atoms with Crippen LogP contribution < -0.4 is 5.32 Å². The summed E-state index contributed by atoms with van der Waals surface area (Å²) in [5.74, 6) is 0.939. The summed E-state index contributed by atoms with van der Waals surface area (Å²) in [6, 6.07) is 0. The van der Waals surface area contributed by atoms with E-state index in [-0.39, 0.29) is 0 Å². The van der Waals surface area contributed by atoms with Crippen molar-refractivity contribution in [3.63, 3.8) is 0 Å². The lowest BCUT2D eigenvalue weighted by molar-refractivity contribution is 0.567. The minimum Gasteiger partial charge on any atom is -0.313 e. The molecule has 0 amide bonds. The highest BCUT2D eigenvalue weighted by molar-refractivity contribution is 5.04. The van der Waals surface area contributed by atoms with E-state index in [0.717, 1.165) is 31.9 Å². The van der Waals surface area contributed by atoms with Gasteiger partial charge < -0.3 is 5.32 Å². The molecule has 6 heteroatoms. The van der Waals surface area contributed by atoms with Crippen LogP contribution in [0.3, 0.4) is 0 Å². The van der Waals surface area contributed by atoms with E-state index in [1.54, 1.807) is 6.33 Å². The number of hydrogen-bond acceptors (Lipinski definition) is 4. The molecular formula is C12H20N6. The van der Waals surface area contributed by atoms with Crippen molar-refractivity contribution in [1.82, 2.24) is 29.9 Å². The van der Waals surface area contributed by atoms with Crippen LogP contribution in [0, 0.1) is 0 Å². The van der Waals surface area contributed by atoms with Gasteiger partial charge in [-0.05, 0) is 19.9 Å². The van der Waals surface area contributed by atoms with E-state index >= 15 is 0 Å². The summed E-state index contributed by atoms with van der Waals surface area (Å²) >= 11 is 0. The molecule has 6 nitrogen and oxygen atoms in total. The highest BCUT2D eigenvalue weighted by atomic mass is 15.4. The van der Waals surface area contributed by atoms with Crippen LogP contribution in [0.4, 0.5) is 0 Å². The number of aromatic nitrogens is 5. The van der Waals surface area contributed by atoms with Crippen LogP contribution in [-0.4, -0.2) is 31.1 Å². The predicted octanol–water partition coefficient (Wildman–Crippen LogP) is 1.04. The molecule has 2 rings (SSSR count). The summed E-state index contributed by atoms with van der Waals surface area (Å²) in [7, 11) is 0. The molecule has 0 aliphatic rings. The number of hydrogen-bond donors (Lipinski definition) is 1. The van der Waals surface area contributed by atoms with Crippen LogP contribution in [0.5, 0.6) is 0 Å². The standard InChI is InChI=1S/C12H20N6/c1-3-5-13-6-11-7-15-17(8-11)9-12-14-10-16-18(12)4-2/h7-8,10,13H,3-6,9H2,1-2H3. The summed E-state index contributed by atoms with van der Waals surface area (Å²) in [6.45, 7) is 7.63. The van der Waals surface area contributed by atoms with Crippen LogP contribution in [0.2, 0.25) is 0 Å². The van der Waals surface area contributed by atoms with Crippen LogP contribution in [0.1, 0.15) is 31.7 Å². The maximum Gasteiger partial charge on any atom is 0.148 e. The Kier molecular flexibility index (Phi) is 4.46. The smallest absolute Gasteiger partial charge is 0.148 e. The summed E-state index contributed by atoms with van der Waals surface area (Å²) in [6.07, 6.45) is 6.69. The molecule has 2 aromatic rings. The average Bonchev–Trinajstić information content (AvgIpc) is 2.99. The Bertz CT molecular complexity index is 472. The molecule has 0 aromatic carbocycles. The Hall–Kier alpha value is -1.69. The van der Waals surface area contributed by atoms with Crippen LogP contribution in [-0.2, 0) is 19.6 Å². The summed E-state index contributed by atoms with van der Waals surface area (Å²) in [5, 5.41) is 11.9. The molecule has 0 radical (unpaired) electrons. The number of rotatable bonds is 7. The van der Waals surface area contributed by atoms with Crippen molar-refractivity contribution in [2.24, 2.45) is 0 Å². The van der Waals surface area contributed by atoms with E-state index in [4.69, 9.17) is 0 Å². The van der Waals surface area contributed by atoms with Gasteiger partial charge in [-0.25, -0.2) is 9.67 Å². The van der Waals surface area contributed by atoms with Crippen molar-refractivity contribution >= 4 is 0 Å². The second kappa shape index (κ2) is 6.30. The fraction of sp³-hybridized carbons (Fsp3) is 0.583. The van der Waals surface area contributed by atoms with Gasteiger partial charge in [0, 0.05) is 24.8 Å². The van der Waals surface area contributed by atoms with Crippen molar-refractivity contribution in [3.05, 3.63) is 30.1 Å². The van der Waals surface area contributed by atoms with Gasteiger partial charge in [0.1, 0.15) is 18.7 Å². The molecule has 1 N–H and O–H groups in total. The Morgan fingerprint density at radius 2 is 2.17 bits per heavy atom. The molecule has 98 valence electrons. The van der Waals surface area contributed by atoms with Gasteiger partial charge in [-0.1, -0.05) is 6.92 Å². The Balaban J connectivity index is 1.94. The van der Waals surface area contributed by atoms with Gasteiger partial charge in [0.05, 0.1) is 6.20 Å². The first-order valence-corrected chi connectivity index (χ1v) is 6.42. The first-order chi connectivity index (χ1) is 8.83. The van der Waals surface area contributed by atoms with E-state index in [9.17, 15) is 0 Å². The Morgan fingerprint density at radius 3 is 2.94 bits per heavy atom. The zero-order valence-electron chi connectivity index (χ0n) is 11.0. The number of aryl methyl sites for hydroxylation is 1. The molecule has 2 aromatic heterocycles. The van der Waals surface area contributed by atoms with Gasteiger partial charge in [0.2, 0.25) is 0 Å². The van der Waals surface area contributed by atoms with Crippen molar-refractivity contribution in [2.75, 3.05) is 6.54 Å². The molecule has 18 heavy (non-hydrogen) atoms. The molecule has 0 spiro atoms. The average molecular weight is 248 g/mol. The molecule has 0 aliphatic carbocycles. The highest BCUT2D eigenvalue weighted by Crippen LogP contribution is 2.01. The molecule has 0 saturated carbocycles. The lowest BCUT2D eigenvalue weighted by Gasteiger charge is -2.02. The van der Waals surface area contributed by atoms with Crippen molar-refractivity contribution in [1.29, 1.82) is 0 Å². The quantitative estimate of drug-likeness (QED) is 0.744. The van der Waals surface area contributed by atoms with Crippen LogP contribution in [0.15, 0.2) is 18.7 Å². The maximum atomic E-state index is 4.34. The molecule has 0 bridgehead atoms. The summed E-state index contributed by atoms with van der Waals surface area (Å²) in [5.41, 5.74) is 1.20. The minimum atomic E-state index is 0.668. The normalized spacial score (nSPS) is 11.0. The van der Waals surface area contributed by atoms with E-state index in [2.05, 4.69) is 40.5 Å². The largest absolute Gasteiger partial charge is 0.313 e. The molecule has 0 aliphatic heterocycles. The molecule has 0 atom stereocenters. The topological polar surface area (TPSA) is 60.6 Å². The van der Waals surface area contributed by atoms with Crippen LogP contribution in [0.25, 0.3) is 0 Å². The minimum absolute atomic E-state index is 0.668. The van der Waals surface area contributed by atoms with Gasteiger partial charge >= 0.3 is 0 Å². The SMILES string of the molecule is CCCNCc1cnn(Cc2ncnn2CC)c1. The lowest BCUT2D eigenvalue weighted by Crippen LogP contribution is -2.13. The number of nitrogens with one attached hydrogen (secondary N) is 1. The Morgan fingerprint density at radius 1 is 1.28 bits per heavy atom. The lowest BCUT2D eigenvalue weighted by atomic mass is 10.3. The van der Waals surface area contributed by atoms with Crippen molar-refractivity contribution < 1.29 is 0 Å². The second-order valence-electron chi connectivity index (χ2n) is 4.21. The predicted molar refractivity (Wildman–Crippen MR) is 69.0 cm³/mol. The third-order valence-corrected chi connectivity index (χ3v) is 2.74. The summed E-state index contributed by atoms with van der Waals surface area (Å²) in [4.78, 5) is 4.24. The zero-order chi connectivity index (χ0) is 12.8. The first-order valence-electron chi connectivity index (χ1n) is 6.42. The maximum absolute atomic E-state index is 4.34. The van der Waals surface area contributed by atoms with Gasteiger partial charge in [-0.2, -0.15) is 10.2 Å². The van der Waals surface area contributed by atoms with Crippen molar-refractivity contribution in [2.45, 2.75) is 39.9 Å². The third-order valence-electron chi connectivity index (χ3n) is 2.74. The Labute approximate surface area is 107 Å². The summed E-state index contributed by atoms with van der Waals surface area (Å²) < 4.78 is 3.79. The zero-order valence-corrected chi connectivity index (χ0v) is 11.0. The molecule has 0 unspecified atom stereocenters. The number of nitrogens with zero attached hydrogens (tertiary/aromatic N) is 5. The molecule has 2 heterocycles. The first kappa shape index (κ1) is 12.8. The third kappa shape index (κ3) is 3.16. The molecular weight excluding hydrogens is 228 g/mol. The van der Waals surface area contributed by atoms with Crippen molar-refractivity contribution in [3.8, 4) is 0 Å². The molecule has 0 fully saturated rings. The highest BCUT2D eigenvalue weighted by Gasteiger charge is 2.05. The molecule has 0 saturated heterocycles. The van der Waals surface area contributed by atoms with Gasteiger partial charge in [-0.3, -0.25) is 4.68 Å². The van der Waals surface area contributed by atoms with E-state index in [1.165, 1.54) is 5.56 Å². The fourth-order valence-corrected chi connectivity index (χ4v) is 1.81. The van der Waals surface area contributed by atoms with Gasteiger partial charge in [0.25, 0.3) is 0 Å². The monoisotopic (exact) mass is 248 g/mol. The van der Waals surface area contributed by atoms with E-state index in [1.807, 2.05) is 15.6 Å². The van der Waals surface area contributed by atoms with Crippen LogP contribution >= 0.6 is 0 Å². The fourth-order valence-electron chi connectivity index (χ4n) is 1.81. The van der Waals surface area contributed by atoms with Gasteiger partial charge in [-0.15, -0.1) is 0 Å². The van der Waals surface area contributed by atoms with E-state index < -0.39 is 0 Å².